The molecule has 0 heterocycles. The van der Waals surface area contributed by atoms with Crippen molar-refractivity contribution >= 4 is 0 Å². The van der Waals surface area contributed by atoms with Gasteiger partial charge in [0, 0.05) is 12.1 Å². The Hall–Kier alpha value is -1.13. The molecular formula is C9H12FNO2. The number of benzene rings is 1. The summed E-state index contributed by atoms with van der Waals surface area (Å²) in [6.07, 6.45) is 0. The minimum absolute atomic E-state index is 0.257. The van der Waals surface area contributed by atoms with Crippen molar-refractivity contribution in [3.05, 3.63) is 29.6 Å². The molecule has 1 rings (SSSR count). The van der Waals surface area contributed by atoms with Crippen molar-refractivity contribution in [2.24, 2.45) is 0 Å². The number of rotatable bonds is 4. The van der Waals surface area contributed by atoms with Crippen molar-refractivity contribution < 1.29 is 14.0 Å². The number of methoxy groups -OCH3 is 1. The molecule has 0 radical (unpaired) electrons. The summed E-state index contributed by atoms with van der Waals surface area (Å²) >= 11 is 0. The molecular weight excluding hydrogens is 173 g/mol. The minimum atomic E-state index is -0.363. The molecule has 0 fully saturated rings. The van der Waals surface area contributed by atoms with Crippen LogP contribution in [0.5, 0.6) is 5.75 Å². The summed E-state index contributed by atoms with van der Waals surface area (Å²) in [4.78, 5) is 4.66. The average Bonchev–Trinajstić information content (AvgIpc) is 2.15. The highest BCUT2D eigenvalue weighted by molar-refractivity contribution is 5.34. The van der Waals surface area contributed by atoms with Gasteiger partial charge in [0.05, 0.1) is 14.2 Å². The van der Waals surface area contributed by atoms with E-state index < -0.39 is 0 Å². The van der Waals surface area contributed by atoms with Crippen LogP contribution in [0.3, 0.4) is 0 Å². The van der Waals surface area contributed by atoms with E-state index in [4.69, 9.17) is 4.74 Å². The summed E-state index contributed by atoms with van der Waals surface area (Å²) in [5, 5.41) is 0. The largest absolute Gasteiger partial charge is 0.493 e. The number of hydroxylamine groups is 1. The highest BCUT2D eigenvalue weighted by Gasteiger charge is 2.07. The standard InChI is InChI=1S/C9H12FNO2/c1-12-9-7(6-11-13-2)4-3-5-8(9)10/h3-5,11H,6H2,1-2H3. The maximum Gasteiger partial charge on any atom is 0.165 e. The number of hydrogen-bond donors (Lipinski definition) is 1. The number of ether oxygens (including phenoxy) is 1. The fraction of sp³-hybridized carbons (Fsp3) is 0.333. The summed E-state index contributed by atoms with van der Waals surface area (Å²) in [5.74, 6) is -0.107. The Morgan fingerprint density at radius 2 is 2.15 bits per heavy atom. The normalized spacial score (nSPS) is 10.1. The Balaban J connectivity index is 2.85. The molecule has 1 N–H and O–H groups in total. The molecule has 0 aliphatic heterocycles. The lowest BCUT2D eigenvalue weighted by molar-refractivity contribution is 0.0860. The van der Waals surface area contributed by atoms with Crippen LogP contribution < -0.4 is 10.2 Å². The smallest absolute Gasteiger partial charge is 0.165 e. The molecule has 0 aliphatic carbocycles. The van der Waals surface area contributed by atoms with E-state index in [2.05, 4.69) is 10.3 Å². The molecule has 0 aliphatic rings. The van der Waals surface area contributed by atoms with Gasteiger partial charge in [-0.2, -0.15) is 5.48 Å². The molecule has 0 aromatic heterocycles. The van der Waals surface area contributed by atoms with E-state index in [1.54, 1.807) is 12.1 Å². The van der Waals surface area contributed by atoms with Crippen LogP contribution in [0.25, 0.3) is 0 Å². The molecule has 1 aromatic carbocycles. The maximum absolute atomic E-state index is 13.1. The first kappa shape index (κ1) is 9.95. The van der Waals surface area contributed by atoms with Gasteiger partial charge in [-0.25, -0.2) is 4.39 Å². The Morgan fingerprint density at radius 1 is 1.38 bits per heavy atom. The predicted octanol–water partition coefficient (Wildman–Crippen LogP) is 1.49. The monoisotopic (exact) mass is 185 g/mol. The highest BCUT2D eigenvalue weighted by Crippen LogP contribution is 2.21. The molecule has 0 spiro atoms. The predicted molar refractivity (Wildman–Crippen MR) is 46.8 cm³/mol. The zero-order chi connectivity index (χ0) is 9.68. The van der Waals surface area contributed by atoms with Crippen LogP contribution in [0.2, 0.25) is 0 Å². The minimum Gasteiger partial charge on any atom is -0.493 e. The Labute approximate surface area is 76.4 Å². The lowest BCUT2D eigenvalue weighted by Crippen LogP contribution is -2.12. The van der Waals surface area contributed by atoms with Crippen LogP contribution in [0.15, 0.2) is 18.2 Å². The van der Waals surface area contributed by atoms with Crippen molar-refractivity contribution in [2.45, 2.75) is 6.54 Å². The van der Waals surface area contributed by atoms with Gasteiger partial charge in [0.1, 0.15) is 0 Å². The summed E-state index contributed by atoms with van der Waals surface area (Å²) < 4.78 is 18.0. The zero-order valence-electron chi connectivity index (χ0n) is 7.63. The molecule has 0 saturated carbocycles. The number of halogens is 1. The fourth-order valence-corrected chi connectivity index (χ4v) is 1.07. The van der Waals surface area contributed by atoms with E-state index in [0.717, 1.165) is 5.56 Å². The Bertz CT molecular complexity index is 278. The Kier molecular flexibility index (Phi) is 3.67. The highest BCUT2D eigenvalue weighted by atomic mass is 19.1. The van der Waals surface area contributed by atoms with E-state index in [1.807, 2.05) is 0 Å². The molecule has 0 atom stereocenters. The molecule has 1 aromatic rings. The SMILES string of the molecule is CONCc1cccc(F)c1OC. The number of nitrogens with one attached hydrogen (secondary N) is 1. The topological polar surface area (TPSA) is 30.5 Å². The first-order valence-electron chi connectivity index (χ1n) is 3.86. The van der Waals surface area contributed by atoms with Gasteiger partial charge in [-0.1, -0.05) is 12.1 Å². The van der Waals surface area contributed by atoms with Crippen LogP contribution in [0.4, 0.5) is 4.39 Å². The second-order valence-electron chi connectivity index (χ2n) is 2.46. The fourth-order valence-electron chi connectivity index (χ4n) is 1.07. The molecule has 0 bridgehead atoms. The molecule has 4 heteroatoms. The van der Waals surface area contributed by atoms with E-state index in [9.17, 15) is 4.39 Å². The zero-order valence-corrected chi connectivity index (χ0v) is 7.63. The first-order chi connectivity index (χ1) is 6.29. The molecule has 13 heavy (non-hydrogen) atoms. The van der Waals surface area contributed by atoms with Crippen LogP contribution in [0, 0.1) is 5.82 Å². The molecule has 0 amide bonds. The quantitative estimate of drug-likeness (QED) is 0.721. The third-order valence-electron chi connectivity index (χ3n) is 1.66. The van der Waals surface area contributed by atoms with E-state index in [1.165, 1.54) is 20.3 Å². The first-order valence-corrected chi connectivity index (χ1v) is 3.86. The van der Waals surface area contributed by atoms with Crippen molar-refractivity contribution in [1.82, 2.24) is 5.48 Å². The maximum atomic E-state index is 13.1. The van der Waals surface area contributed by atoms with Gasteiger partial charge in [-0.05, 0) is 6.07 Å². The van der Waals surface area contributed by atoms with Crippen molar-refractivity contribution in [3.63, 3.8) is 0 Å². The van der Waals surface area contributed by atoms with Gasteiger partial charge >= 0.3 is 0 Å². The third-order valence-corrected chi connectivity index (χ3v) is 1.66. The number of para-hydroxylation sites is 1. The van der Waals surface area contributed by atoms with Crippen LogP contribution in [-0.2, 0) is 11.4 Å². The summed E-state index contributed by atoms with van der Waals surface area (Å²) in [6, 6.07) is 4.76. The van der Waals surface area contributed by atoms with Crippen LogP contribution in [0.1, 0.15) is 5.56 Å². The van der Waals surface area contributed by atoms with Gasteiger partial charge in [0.15, 0.2) is 11.6 Å². The lowest BCUT2D eigenvalue weighted by Gasteiger charge is -2.08. The molecule has 72 valence electrons. The van der Waals surface area contributed by atoms with Crippen molar-refractivity contribution in [1.29, 1.82) is 0 Å². The second-order valence-corrected chi connectivity index (χ2v) is 2.46. The average molecular weight is 185 g/mol. The summed E-state index contributed by atoms with van der Waals surface area (Å²) in [7, 11) is 2.94. The third kappa shape index (κ3) is 2.40. The van der Waals surface area contributed by atoms with Crippen LogP contribution >= 0.6 is 0 Å². The second kappa shape index (κ2) is 4.79. The molecule has 0 unspecified atom stereocenters. The van der Waals surface area contributed by atoms with Crippen molar-refractivity contribution in [2.75, 3.05) is 14.2 Å². The summed E-state index contributed by atoms with van der Waals surface area (Å²) in [5.41, 5.74) is 3.35. The van der Waals surface area contributed by atoms with Crippen molar-refractivity contribution in [3.8, 4) is 5.75 Å². The van der Waals surface area contributed by atoms with E-state index in [-0.39, 0.29) is 11.6 Å². The van der Waals surface area contributed by atoms with Gasteiger partial charge in [-0.15, -0.1) is 0 Å². The number of hydrogen-bond acceptors (Lipinski definition) is 3. The Morgan fingerprint density at radius 3 is 2.77 bits per heavy atom. The molecule has 3 nitrogen and oxygen atoms in total. The van der Waals surface area contributed by atoms with Crippen LogP contribution in [-0.4, -0.2) is 14.2 Å². The van der Waals surface area contributed by atoms with Gasteiger partial charge in [-0.3, -0.25) is 0 Å². The van der Waals surface area contributed by atoms with E-state index >= 15 is 0 Å². The van der Waals surface area contributed by atoms with E-state index in [0.29, 0.717) is 6.54 Å². The lowest BCUT2D eigenvalue weighted by atomic mass is 10.2. The molecule has 0 saturated heterocycles. The van der Waals surface area contributed by atoms with Gasteiger partial charge in [0.25, 0.3) is 0 Å². The van der Waals surface area contributed by atoms with Gasteiger partial charge < -0.3 is 9.57 Å². The van der Waals surface area contributed by atoms with Gasteiger partial charge in [0.2, 0.25) is 0 Å². The summed E-state index contributed by atoms with van der Waals surface area (Å²) in [6.45, 7) is 0.414.